The van der Waals surface area contributed by atoms with Crippen LogP contribution in [0.3, 0.4) is 0 Å². The van der Waals surface area contributed by atoms with Crippen LogP contribution in [0.4, 0.5) is 5.69 Å². The molecule has 0 heterocycles. The highest BCUT2D eigenvalue weighted by molar-refractivity contribution is 5.79. The van der Waals surface area contributed by atoms with E-state index < -0.39 is 0 Å². The van der Waals surface area contributed by atoms with Gasteiger partial charge in [-0.25, -0.2) is 0 Å². The van der Waals surface area contributed by atoms with Crippen molar-refractivity contribution in [3.8, 4) is 0 Å². The maximum Gasteiger partial charge on any atom is 0.191 e. The van der Waals surface area contributed by atoms with Gasteiger partial charge in [-0.3, -0.25) is 4.99 Å². The van der Waals surface area contributed by atoms with Crippen LogP contribution >= 0.6 is 0 Å². The predicted octanol–water partition coefficient (Wildman–Crippen LogP) is 2.51. The van der Waals surface area contributed by atoms with Gasteiger partial charge in [0.05, 0.1) is 19.8 Å². The summed E-state index contributed by atoms with van der Waals surface area (Å²) in [7, 11) is 3.90. The monoisotopic (exact) mass is 364 g/mol. The highest BCUT2D eigenvalue weighted by atomic mass is 16.5. The number of benzene rings is 1. The minimum absolute atomic E-state index is 0.642. The summed E-state index contributed by atoms with van der Waals surface area (Å²) in [6.45, 7) is 7.55. The lowest BCUT2D eigenvalue weighted by molar-refractivity contribution is 0.0487. The molecule has 0 aliphatic carbocycles. The first kappa shape index (κ1) is 22.3. The van der Waals surface area contributed by atoms with Crippen molar-refractivity contribution in [1.29, 1.82) is 0 Å². The summed E-state index contributed by atoms with van der Waals surface area (Å²) < 4.78 is 11.0. The molecule has 0 bridgehead atoms. The molecular weight excluding hydrogens is 328 g/mol. The van der Waals surface area contributed by atoms with E-state index in [1.165, 1.54) is 12.1 Å². The minimum Gasteiger partial charge on any atom is -0.379 e. The zero-order valence-electron chi connectivity index (χ0n) is 16.7. The van der Waals surface area contributed by atoms with Crippen LogP contribution in [0.25, 0.3) is 0 Å². The second kappa shape index (κ2) is 15.5. The Morgan fingerprint density at radius 1 is 0.962 bits per heavy atom. The van der Waals surface area contributed by atoms with Gasteiger partial charge in [-0.2, -0.15) is 0 Å². The van der Waals surface area contributed by atoms with Gasteiger partial charge in [0.25, 0.3) is 0 Å². The average molecular weight is 365 g/mol. The number of anilines is 1. The Hall–Kier alpha value is -1.79. The molecule has 148 valence electrons. The smallest absolute Gasteiger partial charge is 0.191 e. The van der Waals surface area contributed by atoms with Crippen LogP contribution in [0.2, 0.25) is 0 Å². The third-order valence-electron chi connectivity index (χ3n) is 3.94. The summed E-state index contributed by atoms with van der Waals surface area (Å²) in [5.74, 6) is 0.815. The Kier molecular flexibility index (Phi) is 13.2. The number of unbranched alkanes of at least 4 members (excludes halogenated alkanes) is 1. The van der Waals surface area contributed by atoms with E-state index in [1.807, 2.05) is 6.07 Å². The highest BCUT2D eigenvalue weighted by Crippen LogP contribution is 2.10. The van der Waals surface area contributed by atoms with Crippen molar-refractivity contribution >= 4 is 11.6 Å². The van der Waals surface area contributed by atoms with Gasteiger partial charge in [-0.15, -0.1) is 0 Å². The number of aliphatic imine (C=N–C) groups is 1. The van der Waals surface area contributed by atoms with Crippen molar-refractivity contribution in [2.24, 2.45) is 4.99 Å². The Labute approximate surface area is 159 Å². The van der Waals surface area contributed by atoms with Crippen molar-refractivity contribution in [2.75, 3.05) is 65.1 Å². The lowest BCUT2D eigenvalue weighted by Crippen LogP contribution is -2.40. The lowest BCUT2D eigenvalue weighted by atomic mass is 10.3. The number of rotatable bonds is 14. The first-order valence-electron chi connectivity index (χ1n) is 9.64. The summed E-state index contributed by atoms with van der Waals surface area (Å²) in [5.41, 5.74) is 1.24. The molecule has 1 rings (SSSR count). The molecule has 0 aliphatic heterocycles. The van der Waals surface area contributed by atoms with E-state index in [2.05, 4.69) is 58.8 Å². The molecule has 0 radical (unpaired) electrons. The van der Waals surface area contributed by atoms with Gasteiger partial charge in [0.15, 0.2) is 5.96 Å². The molecule has 6 nitrogen and oxygen atoms in total. The fraction of sp³-hybridized carbons (Fsp3) is 0.650. The average Bonchev–Trinajstić information content (AvgIpc) is 2.68. The number of hydrogen-bond acceptors (Lipinski definition) is 4. The molecule has 6 heteroatoms. The van der Waals surface area contributed by atoms with E-state index in [4.69, 9.17) is 9.47 Å². The fourth-order valence-electron chi connectivity index (χ4n) is 2.37. The van der Waals surface area contributed by atoms with Crippen molar-refractivity contribution in [3.05, 3.63) is 30.3 Å². The van der Waals surface area contributed by atoms with Crippen LogP contribution in [-0.2, 0) is 9.47 Å². The van der Waals surface area contributed by atoms with Crippen molar-refractivity contribution in [2.45, 2.75) is 26.2 Å². The van der Waals surface area contributed by atoms with E-state index in [9.17, 15) is 0 Å². The summed E-state index contributed by atoms with van der Waals surface area (Å²) in [6.07, 6.45) is 3.32. The van der Waals surface area contributed by atoms with Crippen LogP contribution in [0, 0.1) is 0 Å². The van der Waals surface area contributed by atoms with Crippen LogP contribution in [0.5, 0.6) is 0 Å². The second-order valence-electron chi connectivity index (χ2n) is 6.11. The Morgan fingerprint density at radius 3 is 2.35 bits per heavy atom. The van der Waals surface area contributed by atoms with E-state index in [1.54, 1.807) is 7.05 Å². The maximum absolute atomic E-state index is 5.54. The summed E-state index contributed by atoms with van der Waals surface area (Å²) in [4.78, 5) is 6.49. The van der Waals surface area contributed by atoms with Gasteiger partial charge in [-0.1, -0.05) is 31.5 Å². The minimum atomic E-state index is 0.642. The molecule has 0 atom stereocenters. The summed E-state index contributed by atoms with van der Waals surface area (Å²) in [5, 5.41) is 6.59. The highest BCUT2D eigenvalue weighted by Gasteiger charge is 2.00. The molecule has 2 N–H and O–H groups in total. The molecule has 0 fully saturated rings. The van der Waals surface area contributed by atoms with Gasteiger partial charge in [-0.05, 0) is 25.0 Å². The molecular formula is C20H36N4O2. The SMILES string of the molecule is CCCCOCCOCCNC(=NC)NCCCN(C)c1ccccc1. The van der Waals surface area contributed by atoms with Gasteiger partial charge >= 0.3 is 0 Å². The van der Waals surface area contributed by atoms with E-state index >= 15 is 0 Å². The number of ether oxygens (including phenoxy) is 2. The molecule has 0 spiro atoms. The fourth-order valence-corrected chi connectivity index (χ4v) is 2.37. The van der Waals surface area contributed by atoms with Gasteiger partial charge in [0, 0.05) is 46.0 Å². The van der Waals surface area contributed by atoms with Crippen molar-refractivity contribution in [1.82, 2.24) is 10.6 Å². The molecule has 0 aromatic heterocycles. The number of hydrogen-bond donors (Lipinski definition) is 2. The third kappa shape index (κ3) is 10.9. The Morgan fingerprint density at radius 2 is 1.65 bits per heavy atom. The summed E-state index contributed by atoms with van der Waals surface area (Å²) >= 11 is 0. The predicted molar refractivity (Wildman–Crippen MR) is 110 cm³/mol. The van der Waals surface area contributed by atoms with Crippen LogP contribution in [0.1, 0.15) is 26.2 Å². The van der Waals surface area contributed by atoms with Gasteiger partial charge < -0.3 is 25.0 Å². The largest absolute Gasteiger partial charge is 0.379 e. The van der Waals surface area contributed by atoms with Crippen LogP contribution < -0.4 is 15.5 Å². The molecule has 0 saturated carbocycles. The Balaban J connectivity index is 2.00. The second-order valence-corrected chi connectivity index (χ2v) is 6.11. The first-order valence-corrected chi connectivity index (χ1v) is 9.64. The van der Waals surface area contributed by atoms with Gasteiger partial charge in [0.2, 0.25) is 0 Å². The first-order chi connectivity index (χ1) is 12.8. The summed E-state index contributed by atoms with van der Waals surface area (Å²) in [6, 6.07) is 10.4. The number of nitrogens with zero attached hydrogens (tertiary/aromatic N) is 2. The zero-order valence-corrected chi connectivity index (χ0v) is 16.7. The molecule has 1 aromatic carbocycles. The van der Waals surface area contributed by atoms with Crippen molar-refractivity contribution < 1.29 is 9.47 Å². The zero-order chi connectivity index (χ0) is 18.9. The number of guanidine groups is 1. The topological polar surface area (TPSA) is 58.1 Å². The molecule has 0 unspecified atom stereocenters. The van der Waals surface area contributed by atoms with E-state index in [0.29, 0.717) is 19.8 Å². The number of para-hydroxylation sites is 1. The molecule has 26 heavy (non-hydrogen) atoms. The van der Waals surface area contributed by atoms with Crippen LogP contribution in [-0.4, -0.2) is 66.1 Å². The van der Waals surface area contributed by atoms with Gasteiger partial charge in [0.1, 0.15) is 0 Å². The lowest BCUT2D eigenvalue weighted by Gasteiger charge is -2.19. The standard InChI is InChI=1S/C20H36N4O2/c1-4-5-15-25-17-18-26-16-13-23-20(21-2)22-12-9-14-24(3)19-10-7-6-8-11-19/h6-8,10-11H,4-5,9,12-18H2,1-3H3,(H2,21,22,23). The normalized spacial score (nSPS) is 11.4. The molecule has 0 saturated heterocycles. The molecule has 0 amide bonds. The quantitative estimate of drug-likeness (QED) is 0.302. The number of nitrogens with one attached hydrogen (secondary N) is 2. The van der Waals surface area contributed by atoms with E-state index in [0.717, 1.165) is 45.0 Å². The third-order valence-corrected chi connectivity index (χ3v) is 3.94. The van der Waals surface area contributed by atoms with Crippen LogP contribution in [0.15, 0.2) is 35.3 Å². The maximum atomic E-state index is 5.54. The van der Waals surface area contributed by atoms with E-state index in [-0.39, 0.29) is 0 Å². The molecule has 0 aliphatic rings. The Bertz CT molecular complexity index is 468. The molecule has 1 aromatic rings. The van der Waals surface area contributed by atoms with Crippen molar-refractivity contribution in [3.63, 3.8) is 0 Å².